The molecule has 0 aliphatic carbocycles. The van der Waals surface area contributed by atoms with Gasteiger partial charge in [-0.25, -0.2) is 12.0 Å². The molecule has 0 atom stereocenters. The Morgan fingerprint density at radius 1 is 1.12 bits per heavy atom. The molecule has 0 spiro atoms. The van der Waals surface area contributed by atoms with Crippen molar-refractivity contribution < 1.29 is 21.2 Å². The maximum Gasteiger partial charge on any atom is 2.00 e. The van der Waals surface area contributed by atoms with Gasteiger partial charge in [0, 0.05) is 0 Å². The molecular formula is MgO5S2. The summed E-state index contributed by atoms with van der Waals surface area (Å²) in [5.41, 5.74) is 0. The summed E-state index contributed by atoms with van der Waals surface area (Å²) in [6, 6.07) is 0. The molecule has 0 aliphatic rings. The van der Waals surface area contributed by atoms with E-state index in [-0.39, 0.29) is 23.1 Å². The number of rotatable bonds is 2. The molecule has 0 fully saturated rings. The predicted molar refractivity (Wildman–Crippen MR) is 24.7 cm³/mol. The van der Waals surface area contributed by atoms with Crippen molar-refractivity contribution in [2.45, 2.75) is 0 Å². The Balaban J connectivity index is 0. The molecule has 0 aromatic carbocycles. The van der Waals surface area contributed by atoms with E-state index in [9.17, 15) is 17.5 Å². The summed E-state index contributed by atoms with van der Waals surface area (Å²) in [5, 5.41) is 0. The van der Waals surface area contributed by atoms with Crippen LogP contribution in [0, 0.1) is 0 Å². The SMILES string of the molecule is O=S([O-])OS(=O)[O-].[Mg+2]. The van der Waals surface area contributed by atoms with Crippen LogP contribution in [0.15, 0.2) is 0 Å². The average molecular weight is 168 g/mol. The van der Waals surface area contributed by atoms with Crippen molar-refractivity contribution in [1.82, 2.24) is 0 Å². The minimum Gasteiger partial charge on any atom is -0.749 e. The first-order chi connectivity index (χ1) is 3.13. The van der Waals surface area contributed by atoms with Crippen LogP contribution in [0.25, 0.3) is 0 Å². The fourth-order valence-corrected chi connectivity index (χ4v) is 0.408. The summed E-state index contributed by atoms with van der Waals surface area (Å²) in [6.45, 7) is 0. The molecule has 0 N–H and O–H groups in total. The maximum atomic E-state index is 9.19. The van der Waals surface area contributed by atoms with Crippen molar-refractivity contribution in [3.8, 4) is 0 Å². The van der Waals surface area contributed by atoms with Crippen molar-refractivity contribution in [1.29, 1.82) is 0 Å². The van der Waals surface area contributed by atoms with E-state index < -0.39 is 22.7 Å². The van der Waals surface area contributed by atoms with Crippen LogP contribution in [-0.2, 0) is 26.4 Å². The van der Waals surface area contributed by atoms with Gasteiger partial charge in [0.15, 0.2) is 0 Å². The minimum absolute atomic E-state index is 0. The predicted octanol–water partition coefficient (Wildman–Crippen LogP) is -1.79. The monoisotopic (exact) mass is 168 g/mol. The van der Waals surface area contributed by atoms with Crippen LogP contribution in [0.1, 0.15) is 0 Å². The van der Waals surface area contributed by atoms with Gasteiger partial charge >= 0.3 is 23.1 Å². The first-order valence-electron chi connectivity index (χ1n) is 1.00. The van der Waals surface area contributed by atoms with Crippen molar-refractivity contribution >= 4 is 45.8 Å². The Morgan fingerprint density at radius 2 is 1.38 bits per heavy atom. The van der Waals surface area contributed by atoms with Crippen molar-refractivity contribution in [2.24, 2.45) is 0 Å². The van der Waals surface area contributed by atoms with Crippen LogP contribution < -0.4 is 0 Å². The third-order valence-electron chi connectivity index (χ3n) is 0.111. The van der Waals surface area contributed by atoms with E-state index >= 15 is 0 Å². The molecule has 0 bridgehead atoms. The van der Waals surface area contributed by atoms with Gasteiger partial charge in [0.05, 0.1) is 22.7 Å². The molecule has 0 unspecified atom stereocenters. The molecule has 8 heteroatoms. The maximum absolute atomic E-state index is 9.19. The molecule has 0 saturated carbocycles. The van der Waals surface area contributed by atoms with Crippen LogP contribution in [0.2, 0.25) is 0 Å². The second kappa shape index (κ2) is 6.07. The molecular weight excluding hydrogens is 168 g/mol. The molecule has 44 valence electrons. The van der Waals surface area contributed by atoms with Gasteiger partial charge in [0.25, 0.3) is 0 Å². The Morgan fingerprint density at radius 3 is 1.38 bits per heavy atom. The zero-order valence-electron chi connectivity index (χ0n) is 3.56. The molecule has 8 heavy (non-hydrogen) atoms. The van der Waals surface area contributed by atoms with E-state index in [1.807, 2.05) is 0 Å². The molecule has 0 saturated heterocycles. The smallest absolute Gasteiger partial charge is 0.749 e. The molecule has 0 aromatic rings. The quantitative estimate of drug-likeness (QED) is 0.359. The molecule has 5 nitrogen and oxygen atoms in total. The summed E-state index contributed by atoms with van der Waals surface area (Å²) in [5.74, 6) is 0. The van der Waals surface area contributed by atoms with Gasteiger partial charge in [-0.2, -0.15) is 0 Å². The fourth-order valence-electron chi connectivity index (χ4n) is 0.0454. The van der Waals surface area contributed by atoms with Gasteiger partial charge in [-0.3, -0.25) is 0 Å². The molecule has 0 radical (unpaired) electrons. The molecule has 0 amide bonds. The third kappa shape index (κ3) is 10.0. The Kier molecular flexibility index (Phi) is 8.89. The number of hydrogen-bond acceptors (Lipinski definition) is 5. The summed E-state index contributed by atoms with van der Waals surface area (Å²) in [4.78, 5) is 0. The van der Waals surface area contributed by atoms with Crippen LogP contribution in [0.4, 0.5) is 0 Å². The summed E-state index contributed by atoms with van der Waals surface area (Å²) >= 11 is -5.92. The zero-order chi connectivity index (χ0) is 5.86. The Hall–Kier alpha value is 0.946. The third-order valence-corrected chi connectivity index (χ3v) is 1.00. The van der Waals surface area contributed by atoms with Gasteiger partial charge in [-0.1, -0.05) is 0 Å². The molecule has 0 heterocycles. The van der Waals surface area contributed by atoms with E-state index in [4.69, 9.17) is 0 Å². The van der Waals surface area contributed by atoms with Gasteiger partial charge < -0.3 is 9.11 Å². The summed E-state index contributed by atoms with van der Waals surface area (Å²) in [6.07, 6.45) is 0. The summed E-state index contributed by atoms with van der Waals surface area (Å²) in [7, 11) is 0. The van der Waals surface area contributed by atoms with E-state index in [0.29, 0.717) is 0 Å². The topological polar surface area (TPSA) is 89.5 Å². The van der Waals surface area contributed by atoms with Crippen LogP contribution in [0.3, 0.4) is 0 Å². The van der Waals surface area contributed by atoms with E-state index in [1.165, 1.54) is 0 Å². The van der Waals surface area contributed by atoms with Gasteiger partial charge in [0.1, 0.15) is 0 Å². The standard InChI is InChI=1S/Mg.H2O5S2/c;1-6(2)5-7(3)4/h;(H,1,2)(H,3,4)/q+2;/p-2. The van der Waals surface area contributed by atoms with Crippen molar-refractivity contribution in [3.05, 3.63) is 0 Å². The van der Waals surface area contributed by atoms with E-state index in [0.717, 1.165) is 0 Å². The second-order valence-electron chi connectivity index (χ2n) is 0.476. The molecule has 0 aliphatic heterocycles. The second-order valence-corrected chi connectivity index (χ2v) is 1.84. The largest absolute Gasteiger partial charge is 2.00 e. The van der Waals surface area contributed by atoms with Crippen molar-refractivity contribution in [3.63, 3.8) is 0 Å². The first-order valence-corrected chi connectivity index (χ1v) is 3.00. The van der Waals surface area contributed by atoms with Gasteiger partial charge in [-0.15, -0.1) is 0 Å². The number of hydrogen-bond donors (Lipinski definition) is 0. The van der Waals surface area contributed by atoms with Gasteiger partial charge in [0.2, 0.25) is 0 Å². The zero-order valence-corrected chi connectivity index (χ0v) is 6.61. The Bertz CT molecular complexity index is 86.6. The average Bonchev–Trinajstić information content (AvgIpc) is 1.27. The van der Waals surface area contributed by atoms with Crippen molar-refractivity contribution in [2.75, 3.05) is 0 Å². The summed E-state index contributed by atoms with van der Waals surface area (Å²) < 4.78 is 39.9. The normalized spacial score (nSPS) is 16.2. The van der Waals surface area contributed by atoms with Crippen LogP contribution in [-0.4, -0.2) is 40.6 Å². The molecule has 0 rings (SSSR count). The van der Waals surface area contributed by atoms with E-state index in [2.05, 4.69) is 3.63 Å². The van der Waals surface area contributed by atoms with Crippen LogP contribution in [0.5, 0.6) is 0 Å². The van der Waals surface area contributed by atoms with Crippen LogP contribution >= 0.6 is 0 Å². The fraction of sp³-hybridized carbons (Fsp3) is 0. The minimum atomic E-state index is -2.96. The van der Waals surface area contributed by atoms with Gasteiger partial charge in [-0.05, 0) is 0 Å². The van der Waals surface area contributed by atoms with E-state index in [1.54, 1.807) is 0 Å². The molecule has 0 aromatic heterocycles. The first kappa shape index (κ1) is 11.7. The Labute approximate surface area is 66.9 Å².